The van der Waals surface area contributed by atoms with Crippen LogP contribution in [0.15, 0.2) is 72.8 Å². The van der Waals surface area contributed by atoms with Crippen molar-refractivity contribution in [2.24, 2.45) is 0 Å². The molecule has 2 fully saturated rings. The molecule has 1 saturated heterocycles. The van der Waals surface area contributed by atoms with E-state index in [0.717, 1.165) is 59.2 Å². The van der Waals surface area contributed by atoms with Crippen molar-refractivity contribution in [2.45, 2.75) is 70.1 Å². The molecule has 2 aliphatic rings. The number of hydrogen-bond acceptors (Lipinski definition) is 4. The molecule has 1 amide bonds. The standard InChI is InChI=1S/C35H36N2O6/c38-31(36-19-7-12-29(36)35(41)42)21-37-30-20-26(34(39)40)15-18-28(30)32(24-10-5-2-6-11-24)33(37)25-13-16-27(17-14-25)43-22-23-8-3-1-4-9-23/h1,3-4,8-9,13-18,20,24,29H,2,5-7,10-12,19,21-22H2,(H,39,40)(H,41,42)/t29-/m0/s1. The van der Waals surface area contributed by atoms with Crippen LogP contribution in [-0.2, 0) is 22.7 Å². The van der Waals surface area contributed by atoms with Crippen molar-refractivity contribution >= 4 is 28.7 Å². The number of benzene rings is 3. The van der Waals surface area contributed by atoms with Crippen molar-refractivity contribution in [1.29, 1.82) is 0 Å². The van der Waals surface area contributed by atoms with Crippen molar-refractivity contribution < 1.29 is 29.3 Å². The van der Waals surface area contributed by atoms with Gasteiger partial charge in [0.2, 0.25) is 5.91 Å². The number of aromatic nitrogens is 1. The normalized spacial score (nSPS) is 17.3. The van der Waals surface area contributed by atoms with Crippen molar-refractivity contribution in [1.82, 2.24) is 9.47 Å². The van der Waals surface area contributed by atoms with E-state index >= 15 is 0 Å². The molecule has 2 heterocycles. The number of carboxylic acid groups (broad SMARTS) is 2. The van der Waals surface area contributed by atoms with Gasteiger partial charge < -0.3 is 24.4 Å². The fraction of sp³-hybridized carbons (Fsp3) is 0.343. The lowest BCUT2D eigenvalue weighted by Crippen LogP contribution is -2.42. The summed E-state index contributed by atoms with van der Waals surface area (Å²) in [5, 5.41) is 20.5. The fourth-order valence-electron chi connectivity index (χ4n) is 6.79. The summed E-state index contributed by atoms with van der Waals surface area (Å²) < 4.78 is 7.96. The van der Waals surface area contributed by atoms with Crippen LogP contribution in [0.5, 0.6) is 5.75 Å². The molecule has 222 valence electrons. The summed E-state index contributed by atoms with van der Waals surface area (Å²) in [6.45, 7) is 0.770. The average Bonchev–Trinajstić information content (AvgIpc) is 3.65. The third-order valence-electron chi connectivity index (χ3n) is 8.89. The summed E-state index contributed by atoms with van der Waals surface area (Å²) in [7, 11) is 0. The van der Waals surface area contributed by atoms with E-state index in [2.05, 4.69) is 0 Å². The van der Waals surface area contributed by atoms with Gasteiger partial charge in [0.1, 0.15) is 24.9 Å². The number of nitrogens with zero attached hydrogens (tertiary/aromatic N) is 2. The minimum absolute atomic E-state index is 0.0718. The summed E-state index contributed by atoms with van der Waals surface area (Å²) in [5.74, 6) is -1.31. The van der Waals surface area contributed by atoms with Crippen molar-refractivity contribution in [3.63, 3.8) is 0 Å². The lowest BCUT2D eigenvalue weighted by atomic mass is 9.82. The molecule has 4 aromatic rings. The van der Waals surface area contributed by atoms with Crippen LogP contribution in [0.1, 0.15) is 72.3 Å². The molecule has 43 heavy (non-hydrogen) atoms. The third-order valence-corrected chi connectivity index (χ3v) is 8.89. The Bertz CT molecular complexity index is 1640. The highest BCUT2D eigenvalue weighted by Gasteiger charge is 2.35. The van der Waals surface area contributed by atoms with E-state index in [1.54, 1.807) is 12.1 Å². The van der Waals surface area contributed by atoms with Gasteiger partial charge >= 0.3 is 11.9 Å². The van der Waals surface area contributed by atoms with Gasteiger partial charge in [-0.15, -0.1) is 0 Å². The topological polar surface area (TPSA) is 109 Å². The maximum Gasteiger partial charge on any atom is 0.335 e. The highest BCUT2D eigenvalue weighted by Crippen LogP contribution is 2.44. The van der Waals surface area contributed by atoms with Crippen molar-refractivity contribution in [3.05, 3.63) is 89.5 Å². The number of aliphatic carboxylic acids is 1. The number of ether oxygens (including phenoxy) is 1. The quantitative estimate of drug-likeness (QED) is 0.228. The van der Waals surface area contributed by atoms with Gasteiger partial charge in [-0.05, 0) is 84.7 Å². The highest BCUT2D eigenvalue weighted by molar-refractivity contribution is 5.99. The minimum Gasteiger partial charge on any atom is -0.489 e. The summed E-state index contributed by atoms with van der Waals surface area (Å²) in [6, 6.07) is 22.1. The number of fused-ring (bicyclic) bond motifs is 1. The minimum atomic E-state index is -1.04. The van der Waals surface area contributed by atoms with Gasteiger partial charge in [-0.3, -0.25) is 4.79 Å². The van der Waals surface area contributed by atoms with Crippen LogP contribution in [-0.4, -0.2) is 50.1 Å². The number of carbonyl (C=O) groups excluding carboxylic acids is 1. The largest absolute Gasteiger partial charge is 0.489 e. The Morgan fingerprint density at radius 2 is 1.58 bits per heavy atom. The first-order chi connectivity index (χ1) is 20.9. The second kappa shape index (κ2) is 12.3. The van der Waals surface area contributed by atoms with E-state index in [9.17, 15) is 24.6 Å². The van der Waals surface area contributed by atoms with E-state index in [-0.39, 0.29) is 23.9 Å². The van der Waals surface area contributed by atoms with Gasteiger partial charge in [0.25, 0.3) is 0 Å². The van der Waals surface area contributed by atoms with Crippen LogP contribution in [0.25, 0.3) is 22.2 Å². The number of carboxylic acids is 2. The Kier molecular flexibility index (Phi) is 8.18. The molecule has 0 radical (unpaired) electrons. The van der Waals surface area contributed by atoms with Crippen LogP contribution in [0.2, 0.25) is 0 Å². The Morgan fingerprint density at radius 3 is 2.28 bits per heavy atom. The van der Waals surface area contributed by atoms with Crippen LogP contribution in [0.4, 0.5) is 0 Å². The summed E-state index contributed by atoms with van der Waals surface area (Å²) in [6.07, 6.45) is 6.53. The number of carbonyl (C=O) groups is 3. The van der Waals surface area contributed by atoms with Crippen LogP contribution < -0.4 is 4.74 Å². The Morgan fingerprint density at radius 1 is 0.837 bits per heavy atom. The lowest BCUT2D eigenvalue weighted by molar-refractivity contribution is -0.148. The molecule has 8 nitrogen and oxygen atoms in total. The first-order valence-corrected chi connectivity index (χ1v) is 15.1. The SMILES string of the molecule is O=C(O)c1ccc2c(C3CCCCC3)c(-c3ccc(OCc4ccccc4)cc3)n(CC(=O)N3CCC[C@H]3C(=O)O)c2c1. The van der Waals surface area contributed by atoms with Crippen LogP contribution in [0, 0.1) is 0 Å². The van der Waals surface area contributed by atoms with E-state index in [1.807, 2.05) is 65.2 Å². The molecule has 6 rings (SSSR count). The van der Waals surface area contributed by atoms with Gasteiger partial charge in [-0.2, -0.15) is 0 Å². The van der Waals surface area contributed by atoms with E-state index < -0.39 is 18.0 Å². The Labute approximate surface area is 250 Å². The number of rotatable bonds is 9. The number of aromatic carboxylic acids is 1. The molecule has 1 aliphatic heterocycles. The van der Waals surface area contributed by atoms with Gasteiger partial charge in [-0.1, -0.05) is 55.7 Å². The number of amides is 1. The molecule has 1 saturated carbocycles. The molecular weight excluding hydrogens is 544 g/mol. The second-order valence-corrected chi connectivity index (χ2v) is 11.6. The molecule has 1 aromatic heterocycles. The summed E-state index contributed by atoms with van der Waals surface area (Å²) in [4.78, 5) is 39.1. The van der Waals surface area contributed by atoms with Gasteiger partial charge in [0.15, 0.2) is 0 Å². The van der Waals surface area contributed by atoms with Gasteiger partial charge in [0, 0.05) is 11.9 Å². The molecule has 8 heteroatoms. The zero-order valence-corrected chi connectivity index (χ0v) is 24.1. The fourth-order valence-corrected chi connectivity index (χ4v) is 6.79. The molecule has 2 N–H and O–H groups in total. The maximum atomic E-state index is 13.7. The van der Waals surface area contributed by atoms with Gasteiger partial charge in [-0.25, -0.2) is 9.59 Å². The smallest absolute Gasteiger partial charge is 0.335 e. The monoisotopic (exact) mass is 580 g/mol. The van der Waals surface area contributed by atoms with Crippen LogP contribution >= 0.6 is 0 Å². The second-order valence-electron chi connectivity index (χ2n) is 11.6. The molecule has 0 spiro atoms. The average molecular weight is 581 g/mol. The molecular formula is C35H36N2O6. The van der Waals surface area contributed by atoms with Crippen molar-refractivity contribution in [3.8, 4) is 17.0 Å². The summed E-state index contributed by atoms with van der Waals surface area (Å²) >= 11 is 0. The maximum absolute atomic E-state index is 13.7. The highest BCUT2D eigenvalue weighted by atomic mass is 16.5. The van der Waals surface area contributed by atoms with E-state index in [4.69, 9.17) is 4.74 Å². The lowest BCUT2D eigenvalue weighted by Gasteiger charge is -2.25. The third kappa shape index (κ3) is 5.87. The molecule has 0 bridgehead atoms. The molecule has 1 atom stereocenters. The first kappa shape index (κ1) is 28.5. The Balaban J connectivity index is 1.45. The predicted molar refractivity (Wildman–Crippen MR) is 163 cm³/mol. The zero-order valence-electron chi connectivity index (χ0n) is 24.1. The molecule has 0 unspecified atom stereocenters. The van der Waals surface area contributed by atoms with E-state index in [1.165, 1.54) is 11.3 Å². The molecule has 1 aliphatic carbocycles. The molecule has 3 aromatic carbocycles. The zero-order chi connectivity index (χ0) is 29.9. The number of hydrogen-bond donors (Lipinski definition) is 2. The summed E-state index contributed by atoms with van der Waals surface area (Å²) in [5.41, 5.74) is 4.83. The number of likely N-dealkylation sites (tertiary alicyclic amines) is 1. The van der Waals surface area contributed by atoms with Crippen LogP contribution in [0.3, 0.4) is 0 Å². The first-order valence-electron chi connectivity index (χ1n) is 15.1. The Hall–Kier alpha value is -4.59. The predicted octanol–water partition coefficient (Wildman–Crippen LogP) is 6.71. The van der Waals surface area contributed by atoms with Gasteiger partial charge in [0.05, 0.1) is 16.8 Å². The van der Waals surface area contributed by atoms with E-state index in [0.29, 0.717) is 31.5 Å². The van der Waals surface area contributed by atoms with Crippen molar-refractivity contribution in [2.75, 3.05) is 6.54 Å².